The summed E-state index contributed by atoms with van der Waals surface area (Å²) < 4.78 is 10.4. The van der Waals surface area contributed by atoms with Crippen molar-refractivity contribution in [2.24, 2.45) is 0 Å². The molecule has 1 amide bonds. The number of rotatable bonds is 5. The summed E-state index contributed by atoms with van der Waals surface area (Å²) >= 11 is 0. The zero-order valence-electron chi connectivity index (χ0n) is 11.5. The molecule has 106 valence electrons. The lowest BCUT2D eigenvalue weighted by molar-refractivity contribution is -0.122. The van der Waals surface area contributed by atoms with Gasteiger partial charge in [0.05, 0.1) is 7.11 Å². The van der Waals surface area contributed by atoms with Gasteiger partial charge in [0.1, 0.15) is 5.75 Å². The van der Waals surface area contributed by atoms with E-state index in [0.29, 0.717) is 5.75 Å². The SMILES string of the molecule is COc1n[nH]c(NC(=O)C(C)Oc2cccc(C)c2)n1. The highest BCUT2D eigenvalue weighted by molar-refractivity contribution is 5.92. The summed E-state index contributed by atoms with van der Waals surface area (Å²) in [5.41, 5.74) is 1.06. The van der Waals surface area contributed by atoms with Gasteiger partial charge >= 0.3 is 6.01 Å². The molecule has 0 fully saturated rings. The maximum Gasteiger partial charge on any atom is 0.336 e. The first-order valence-electron chi connectivity index (χ1n) is 6.09. The normalized spacial score (nSPS) is 11.8. The molecular weight excluding hydrogens is 260 g/mol. The van der Waals surface area contributed by atoms with Crippen molar-refractivity contribution in [3.63, 3.8) is 0 Å². The molecule has 0 aliphatic carbocycles. The largest absolute Gasteiger partial charge is 0.481 e. The average Bonchev–Trinajstić information content (AvgIpc) is 2.86. The number of benzene rings is 1. The number of aromatic nitrogens is 3. The number of nitrogens with zero attached hydrogens (tertiary/aromatic N) is 2. The van der Waals surface area contributed by atoms with Crippen molar-refractivity contribution >= 4 is 11.9 Å². The fraction of sp³-hybridized carbons (Fsp3) is 0.308. The van der Waals surface area contributed by atoms with Crippen LogP contribution in [0.4, 0.5) is 5.95 Å². The van der Waals surface area contributed by atoms with E-state index in [9.17, 15) is 4.79 Å². The van der Waals surface area contributed by atoms with Crippen molar-refractivity contribution in [3.05, 3.63) is 29.8 Å². The Morgan fingerprint density at radius 2 is 2.25 bits per heavy atom. The Bertz CT molecular complexity index is 597. The van der Waals surface area contributed by atoms with Gasteiger partial charge in [0.25, 0.3) is 5.91 Å². The molecule has 1 aromatic carbocycles. The third-order valence-corrected chi connectivity index (χ3v) is 2.56. The molecule has 20 heavy (non-hydrogen) atoms. The first-order chi connectivity index (χ1) is 9.58. The predicted octanol–water partition coefficient (Wildman–Crippen LogP) is 1.53. The number of aromatic amines is 1. The van der Waals surface area contributed by atoms with Crippen LogP contribution in [0.5, 0.6) is 11.8 Å². The number of nitrogens with one attached hydrogen (secondary N) is 2. The van der Waals surface area contributed by atoms with E-state index in [2.05, 4.69) is 20.5 Å². The maximum atomic E-state index is 11.9. The minimum Gasteiger partial charge on any atom is -0.481 e. The third kappa shape index (κ3) is 3.47. The van der Waals surface area contributed by atoms with Crippen LogP contribution < -0.4 is 14.8 Å². The number of methoxy groups -OCH3 is 1. The molecule has 0 saturated heterocycles. The van der Waals surface area contributed by atoms with Crippen LogP contribution in [0.15, 0.2) is 24.3 Å². The van der Waals surface area contributed by atoms with Crippen LogP contribution in [-0.2, 0) is 4.79 Å². The van der Waals surface area contributed by atoms with Gasteiger partial charge in [0.15, 0.2) is 6.10 Å². The molecular formula is C13H16N4O3. The molecule has 1 unspecified atom stereocenters. The first kappa shape index (κ1) is 13.9. The van der Waals surface area contributed by atoms with Crippen molar-refractivity contribution in [2.45, 2.75) is 20.0 Å². The highest BCUT2D eigenvalue weighted by atomic mass is 16.5. The van der Waals surface area contributed by atoms with Crippen molar-refractivity contribution in [1.82, 2.24) is 15.2 Å². The predicted molar refractivity (Wildman–Crippen MR) is 72.8 cm³/mol. The second-order valence-electron chi connectivity index (χ2n) is 4.24. The van der Waals surface area contributed by atoms with Crippen molar-refractivity contribution in [3.8, 4) is 11.8 Å². The van der Waals surface area contributed by atoms with Crippen LogP contribution in [-0.4, -0.2) is 34.3 Å². The first-order valence-corrected chi connectivity index (χ1v) is 6.09. The second-order valence-corrected chi connectivity index (χ2v) is 4.24. The summed E-state index contributed by atoms with van der Waals surface area (Å²) in [5, 5.41) is 8.83. The maximum absolute atomic E-state index is 11.9. The molecule has 2 N–H and O–H groups in total. The number of carbonyl (C=O) groups is 1. The summed E-state index contributed by atoms with van der Waals surface area (Å²) in [6.07, 6.45) is -0.659. The van der Waals surface area contributed by atoms with Crippen LogP contribution in [0.2, 0.25) is 0 Å². The molecule has 2 rings (SSSR count). The van der Waals surface area contributed by atoms with Gasteiger partial charge in [-0.25, -0.2) is 5.10 Å². The zero-order chi connectivity index (χ0) is 14.5. The lowest BCUT2D eigenvalue weighted by Gasteiger charge is -2.13. The number of anilines is 1. The Morgan fingerprint density at radius 3 is 2.90 bits per heavy atom. The Kier molecular flexibility index (Phi) is 4.19. The molecule has 1 heterocycles. The summed E-state index contributed by atoms with van der Waals surface area (Å²) in [4.78, 5) is 15.8. The van der Waals surface area contributed by atoms with Crippen LogP contribution in [0.1, 0.15) is 12.5 Å². The fourth-order valence-corrected chi connectivity index (χ4v) is 1.56. The van der Waals surface area contributed by atoms with E-state index in [0.717, 1.165) is 5.56 Å². The average molecular weight is 276 g/mol. The quantitative estimate of drug-likeness (QED) is 0.864. The number of hydrogen-bond donors (Lipinski definition) is 2. The zero-order valence-corrected chi connectivity index (χ0v) is 11.5. The summed E-state index contributed by atoms with van der Waals surface area (Å²) in [5.74, 6) is 0.527. The van der Waals surface area contributed by atoms with Gasteiger partial charge in [0, 0.05) is 0 Å². The standard InChI is InChI=1S/C13H16N4O3/c1-8-5-4-6-10(7-8)20-9(2)11(18)14-12-15-13(19-3)17-16-12/h4-7,9H,1-3H3,(H2,14,15,16,17,18). The van der Waals surface area contributed by atoms with Crippen molar-refractivity contribution < 1.29 is 14.3 Å². The molecule has 0 aliphatic heterocycles. The van der Waals surface area contributed by atoms with Gasteiger partial charge in [-0.1, -0.05) is 12.1 Å². The van der Waals surface area contributed by atoms with Gasteiger partial charge in [0.2, 0.25) is 5.95 Å². The molecule has 2 aromatic rings. The molecule has 0 radical (unpaired) electrons. The van der Waals surface area contributed by atoms with E-state index in [1.54, 1.807) is 13.0 Å². The number of hydrogen-bond acceptors (Lipinski definition) is 5. The van der Waals surface area contributed by atoms with E-state index in [1.807, 2.05) is 25.1 Å². The van der Waals surface area contributed by atoms with Gasteiger partial charge in [-0.2, -0.15) is 4.98 Å². The van der Waals surface area contributed by atoms with Crippen molar-refractivity contribution in [2.75, 3.05) is 12.4 Å². The van der Waals surface area contributed by atoms with Crippen LogP contribution in [0, 0.1) is 6.92 Å². The van der Waals surface area contributed by atoms with E-state index >= 15 is 0 Å². The molecule has 0 aliphatic rings. The minimum absolute atomic E-state index is 0.160. The number of amides is 1. The lowest BCUT2D eigenvalue weighted by atomic mass is 10.2. The van der Waals surface area contributed by atoms with Gasteiger partial charge in [-0.05, 0) is 31.5 Å². The van der Waals surface area contributed by atoms with E-state index in [4.69, 9.17) is 9.47 Å². The van der Waals surface area contributed by atoms with E-state index in [1.165, 1.54) is 7.11 Å². The number of aryl methyl sites for hydroxylation is 1. The Hall–Kier alpha value is -2.57. The smallest absolute Gasteiger partial charge is 0.336 e. The summed E-state index contributed by atoms with van der Waals surface area (Å²) in [7, 11) is 1.44. The molecule has 0 spiro atoms. The van der Waals surface area contributed by atoms with Crippen LogP contribution in [0.25, 0.3) is 0 Å². The number of ether oxygens (including phenoxy) is 2. The van der Waals surface area contributed by atoms with Gasteiger partial charge in [-0.15, -0.1) is 5.10 Å². The molecule has 1 aromatic heterocycles. The lowest BCUT2D eigenvalue weighted by Crippen LogP contribution is -2.30. The van der Waals surface area contributed by atoms with Crippen molar-refractivity contribution in [1.29, 1.82) is 0 Å². The fourth-order valence-electron chi connectivity index (χ4n) is 1.56. The Balaban J connectivity index is 1.95. The topological polar surface area (TPSA) is 89.1 Å². The van der Waals surface area contributed by atoms with Crippen LogP contribution >= 0.6 is 0 Å². The molecule has 1 atom stereocenters. The minimum atomic E-state index is -0.659. The highest BCUT2D eigenvalue weighted by Crippen LogP contribution is 2.14. The monoisotopic (exact) mass is 276 g/mol. The second kappa shape index (κ2) is 6.05. The summed E-state index contributed by atoms with van der Waals surface area (Å²) in [6, 6.07) is 7.65. The van der Waals surface area contributed by atoms with E-state index in [-0.39, 0.29) is 17.9 Å². The van der Waals surface area contributed by atoms with E-state index < -0.39 is 6.10 Å². The number of H-pyrrole nitrogens is 1. The molecule has 0 saturated carbocycles. The Morgan fingerprint density at radius 1 is 1.45 bits per heavy atom. The third-order valence-electron chi connectivity index (χ3n) is 2.56. The molecule has 0 bridgehead atoms. The van der Waals surface area contributed by atoms with Gasteiger partial charge in [-0.3, -0.25) is 10.1 Å². The number of carbonyl (C=O) groups excluding carboxylic acids is 1. The van der Waals surface area contributed by atoms with Gasteiger partial charge < -0.3 is 9.47 Å². The molecule has 7 nitrogen and oxygen atoms in total. The van der Waals surface area contributed by atoms with Crippen LogP contribution in [0.3, 0.4) is 0 Å². The molecule has 7 heteroatoms. The highest BCUT2D eigenvalue weighted by Gasteiger charge is 2.16. The Labute approximate surface area is 116 Å². The summed E-state index contributed by atoms with van der Waals surface area (Å²) in [6.45, 7) is 3.61.